The number of benzene rings is 1. The fraction of sp³-hybridized carbons (Fsp3) is 0.316. The second-order valence-electron chi connectivity index (χ2n) is 6.98. The van der Waals surface area contributed by atoms with E-state index >= 15 is 0 Å². The monoisotopic (exact) mass is 414 g/mol. The standard InChI is InChI=1S/C19H18N4O5S/c1-22(2)12-7-6-10(8-13(12)23(26)27)19(25)28-9-15-20-17(24)16-11-4-3-5-14(11)29-18(16)21-15/h6-8H,3-5,9H2,1-2H3,(H,20,21,24). The molecule has 1 N–H and O–H groups in total. The Labute approximate surface area is 169 Å². The average molecular weight is 414 g/mol. The van der Waals surface area contributed by atoms with Gasteiger partial charge in [0, 0.05) is 25.0 Å². The van der Waals surface area contributed by atoms with Gasteiger partial charge in [-0.25, -0.2) is 9.78 Å². The average Bonchev–Trinajstić information content (AvgIpc) is 3.26. The minimum absolute atomic E-state index is 0.0563. The van der Waals surface area contributed by atoms with E-state index in [1.54, 1.807) is 19.0 Å². The van der Waals surface area contributed by atoms with E-state index in [-0.39, 0.29) is 29.2 Å². The van der Waals surface area contributed by atoms with E-state index in [0.717, 1.165) is 24.8 Å². The molecule has 4 rings (SSSR count). The zero-order valence-corrected chi connectivity index (χ0v) is 16.7. The van der Waals surface area contributed by atoms with Crippen molar-refractivity contribution in [2.45, 2.75) is 25.9 Å². The van der Waals surface area contributed by atoms with Crippen LogP contribution in [0.5, 0.6) is 0 Å². The first-order valence-corrected chi connectivity index (χ1v) is 9.83. The van der Waals surface area contributed by atoms with Gasteiger partial charge in [0.15, 0.2) is 0 Å². The van der Waals surface area contributed by atoms with Crippen molar-refractivity contribution >= 4 is 38.9 Å². The Kier molecular flexibility index (Phi) is 4.79. The van der Waals surface area contributed by atoms with Crippen molar-refractivity contribution in [3.05, 3.63) is 60.5 Å². The van der Waals surface area contributed by atoms with Gasteiger partial charge in [-0.2, -0.15) is 0 Å². The number of aromatic nitrogens is 2. The highest BCUT2D eigenvalue weighted by atomic mass is 32.1. The zero-order chi connectivity index (χ0) is 20.7. The molecule has 2 aromatic heterocycles. The van der Waals surface area contributed by atoms with Gasteiger partial charge >= 0.3 is 5.97 Å². The van der Waals surface area contributed by atoms with E-state index < -0.39 is 10.9 Å². The molecule has 2 heterocycles. The van der Waals surface area contributed by atoms with Crippen molar-refractivity contribution in [3.8, 4) is 0 Å². The van der Waals surface area contributed by atoms with Crippen LogP contribution in [0.15, 0.2) is 23.0 Å². The van der Waals surface area contributed by atoms with E-state index in [2.05, 4.69) is 9.97 Å². The Balaban J connectivity index is 1.55. The maximum atomic E-state index is 12.4. The van der Waals surface area contributed by atoms with Crippen LogP contribution in [-0.2, 0) is 24.2 Å². The molecule has 0 bridgehead atoms. The van der Waals surface area contributed by atoms with Crippen LogP contribution in [0.2, 0.25) is 0 Å². The number of nitro groups is 1. The van der Waals surface area contributed by atoms with E-state index in [1.165, 1.54) is 34.4 Å². The van der Waals surface area contributed by atoms with E-state index in [4.69, 9.17) is 4.74 Å². The molecule has 29 heavy (non-hydrogen) atoms. The van der Waals surface area contributed by atoms with Gasteiger partial charge < -0.3 is 14.6 Å². The number of rotatable bonds is 5. The number of ether oxygens (including phenoxy) is 1. The summed E-state index contributed by atoms with van der Waals surface area (Å²) in [6, 6.07) is 4.14. The lowest BCUT2D eigenvalue weighted by atomic mass is 10.1. The number of hydrogen-bond donors (Lipinski definition) is 1. The normalized spacial score (nSPS) is 12.8. The Bertz CT molecular complexity index is 1200. The van der Waals surface area contributed by atoms with Gasteiger partial charge in [-0.1, -0.05) is 0 Å². The van der Waals surface area contributed by atoms with Crippen molar-refractivity contribution in [3.63, 3.8) is 0 Å². The second-order valence-corrected chi connectivity index (χ2v) is 8.06. The number of aryl methyl sites for hydroxylation is 2. The highest BCUT2D eigenvalue weighted by Crippen LogP contribution is 2.34. The van der Waals surface area contributed by atoms with Gasteiger partial charge in [0.25, 0.3) is 11.2 Å². The molecule has 0 unspecified atom stereocenters. The molecule has 0 aliphatic heterocycles. The van der Waals surface area contributed by atoms with Crippen LogP contribution in [0.25, 0.3) is 10.2 Å². The fourth-order valence-electron chi connectivity index (χ4n) is 3.51. The smallest absolute Gasteiger partial charge is 0.338 e. The lowest BCUT2D eigenvalue weighted by molar-refractivity contribution is -0.384. The topological polar surface area (TPSA) is 118 Å². The van der Waals surface area contributed by atoms with Gasteiger partial charge in [0.05, 0.1) is 15.9 Å². The minimum atomic E-state index is -0.727. The first-order chi connectivity index (χ1) is 13.8. The van der Waals surface area contributed by atoms with E-state index in [9.17, 15) is 19.7 Å². The molecule has 0 spiro atoms. The van der Waals surface area contributed by atoms with Gasteiger partial charge in [-0.15, -0.1) is 11.3 Å². The summed E-state index contributed by atoms with van der Waals surface area (Å²) in [5.74, 6) is -0.481. The number of thiophene rings is 1. The SMILES string of the molecule is CN(C)c1ccc(C(=O)OCc2nc3sc4c(c3c(=O)[nH]2)CCC4)cc1[N+](=O)[O-]. The van der Waals surface area contributed by atoms with Crippen molar-refractivity contribution in [2.24, 2.45) is 0 Å². The van der Waals surface area contributed by atoms with Gasteiger partial charge in [0.2, 0.25) is 0 Å². The first-order valence-electron chi connectivity index (χ1n) is 9.01. The molecular formula is C19H18N4O5S. The highest BCUT2D eigenvalue weighted by molar-refractivity contribution is 7.18. The number of H-pyrrole nitrogens is 1. The number of hydrogen-bond acceptors (Lipinski definition) is 8. The third-order valence-electron chi connectivity index (χ3n) is 4.85. The fourth-order valence-corrected chi connectivity index (χ4v) is 4.79. The van der Waals surface area contributed by atoms with Crippen LogP contribution in [0.1, 0.15) is 33.0 Å². The predicted molar refractivity (Wildman–Crippen MR) is 109 cm³/mol. The van der Waals surface area contributed by atoms with Crippen molar-refractivity contribution in [2.75, 3.05) is 19.0 Å². The molecule has 0 atom stereocenters. The predicted octanol–water partition coefficient (Wildman–Crippen LogP) is 2.80. The molecule has 0 saturated carbocycles. The zero-order valence-electron chi connectivity index (χ0n) is 15.9. The van der Waals surface area contributed by atoms with Crippen molar-refractivity contribution in [1.82, 2.24) is 9.97 Å². The lowest BCUT2D eigenvalue weighted by Gasteiger charge is -2.13. The second kappa shape index (κ2) is 7.28. The molecule has 9 nitrogen and oxygen atoms in total. The molecule has 0 fully saturated rings. The number of nitro benzene ring substituents is 1. The van der Waals surface area contributed by atoms with Gasteiger partial charge in [0.1, 0.15) is 22.9 Å². The van der Waals surface area contributed by atoms with Crippen LogP contribution >= 0.6 is 11.3 Å². The molecule has 3 aromatic rings. The third kappa shape index (κ3) is 3.46. The first kappa shape index (κ1) is 19.1. The summed E-state index contributed by atoms with van der Waals surface area (Å²) in [7, 11) is 3.36. The molecule has 10 heteroatoms. The van der Waals surface area contributed by atoms with Gasteiger partial charge in [-0.05, 0) is 37.0 Å². The number of anilines is 1. The molecule has 0 amide bonds. The summed E-state index contributed by atoms with van der Waals surface area (Å²) in [6.45, 7) is -0.226. The summed E-state index contributed by atoms with van der Waals surface area (Å²) >= 11 is 1.50. The Hall–Kier alpha value is -3.27. The van der Waals surface area contributed by atoms with Crippen molar-refractivity contribution in [1.29, 1.82) is 0 Å². The number of carbonyl (C=O) groups is 1. The molecule has 0 radical (unpaired) electrons. The third-order valence-corrected chi connectivity index (χ3v) is 6.04. The molecule has 0 saturated heterocycles. The van der Waals surface area contributed by atoms with Crippen LogP contribution in [-0.4, -0.2) is 35.0 Å². The summed E-state index contributed by atoms with van der Waals surface area (Å²) in [4.78, 5) is 46.1. The number of nitrogens with one attached hydrogen (secondary N) is 1. The number of aromatic amines is 1. The summed E-state index contributed by atoms with van der Waals surface area (Å²) in [5, 5.41) is 11.9. The number of fused-ring (bicyclic) bond motifs is 3. The van der Waals surface area contributed by atoms with E-state index in [1.807, 2.05) is 0 Å². The largest absolute Gasteiger partial charge is 0.454 e. The molecule has 1 aromatic carbocycles. The summed E-state index contributed by atoms with van der Waals surface area (Å²) in [6.07, 6.45) is 2.90. The van der Waals surface area contributed by atoms with Crippen LogP contribution in [0.4, 0.5) is 11.4 Å². The maximum absolute atomic E-state index is 12.4. The maximum Gasteiger partial charge on any atom is 0.338 e. The molecule has 1 aliphatic rings. The number of esters is 1. The minimum Gasteiger partial charge on any atom is -0.454 e. The highest BCUT2D eigenvalue weighted by Gasteiger charge is 2.22. The van der Waals surface area contributed by atoms with Crippen LogP contribution in [0.3, 0.4) is 0 Å². The Morgan fingerprint density at radius 1 is 1.38 bits per heavy atom. The quantitative estimate of drug-likeness (QED) is 0.387. The summed E-state index contributed by atoms with van der Waals surface area (Å²) < 4.78 is 5.23. The van der Waals surface area contributed by atoms with Gasteiger partial charge in [-0.3, -0.25) is 14.9 Å². The molecule has 1 aliphatic carbocycles. The van der Waals surface area contributed by atoms with Crippen molar-refractivity contribution < 1.29 is 14.5 Å². The molecular weight excluding hydrogens is 396 g/mol. The van der Waals surface area contributed by atoms with E-state index in [0.29, 0.717) is 15.9 Å². The lowest BCUT2D eigenvalue weighted by Crippen LogP contribution is -2.15. The molecule has 150 valence electrons. The number of carbonyl (C=O) groups excluding carboxylic acids is 1. The summed E-state index contributed by atoms with van der Waals surface area (Å²) in [5.41, 5.74) is 1.10. The Morgan fingerprint density at radius 3 is 2.90 bits per heavy atom. The number of nitrogens with zero attached hydrogens (tertiary/aromatic N) is 3. The van der Waals surface area contributed by atoms with Crippen LogP contribution in [0, 0.1) is 10.1 Å². The Morgan fingerprint density at radius 2 is 2.17 bits per heavy atom. The van der Waals surface area contributed by atoms with Crippen LogP contribution < -0.4 is 10.5 Å².